The molecule has 2 aliphatic heterocycles. The molecule has 1 atom stereocenters. The van der Waals surface area contributed by atoms with Crippen molar-refractivity contribution < 1.29 is 9.59 Å². The van der Waals surface area contributed by atoms with Gasteiger partial charge in [0.15, 0.2) is 0 Å². The highest BCUT2D eigenvalue weighted by atomic mass is 35.5. The quantitative estimate of drug-likeness (QED) is 0.832. The van der Waals surface area contributed by atoms with Crippen LogP contribution in [0.4, 0.5) is 0 Å². The van der Waals surface area contributed by atoms with Crippen LogP contribution in [0.1, 0.15) is 48.0 Å². The summed E-state index contributed by atoms with van der Waals surface area (Å²) >= 11 is 0. The molecule has 2 saturated heterocycles. The van der Waals surface area contributed by atoms with Crippen molar-refractivity contribution >= 4 is 24.2 Å². The summed E-state index contributed by atoms with van der Waals surface area (Å²) in [7, 11) is 0. The zero-order valence-corrected chi connectivity index (χ0v) is 16.8. The number of likely N-dealkylation sites (tertiary alicyclic amines) is 1. The summed E-state index contributed by atoms with van der Waals surface area (Å²) in [5, 5.41) is 6.55. The molecule has 1 saturated carbocycles. The standard InChI is InChI=1S/C21H29N3O2.ClH/c1-15-4-2-3-5-17(15)19(25)23-16-6-12-24(13-7-16)20(26)18-14-21(18)8-10-22-11-9-21;/h2-5,16,18,22H,6-14H2,1H3,(H,23,25);1H. The predicted molar refractivity (Wildman–Crippen MR) is 108 cm³/mol. The average molecular weight is 392 g/mol. The van der Waals surface area contributed by atoms with Gasteiger partial charge in [-0.15, -0.1) is 12.4 Å². The van der Waals surface area contributed by atoms with Crippen LogP contribution >= 0.6 is 12.4 Å². The van der Waals surface area contributed by atoms with Gasteiger partial charge in [0.2, 0.25) is 5.91 Å². The highest BCUT2D eigenvalue weighted by Gasteiger charge is 2.58. The van der Waals surface area contributed by atoms with E-state index in [1.54, 1.807) is 0 Å². The minimum absolute atomic E-state index is 0. The number of carbonyl (C=O) groups is 2. The van der Waals surface area contributed by atoms with Gasteiger partial charge in [-0.3, -0.25) is 9.59 Å². The molecule has 6 heteroatoms. The Morgan fingerprint density at radius 3 is 2.48 bits per heavy atom. The number of nitrogens with zero attached hydrogens (tertiary/aromatic N) is 1. The number of halogens is 1. The van der Waals surface area contributed by atoms with E-state index < -0.39 is 0 Å². The van der Waals surface area contributed by atoms with E-state index in [1.807, 2.05) is 36.1 Å². The van der Waals surface area contributed by atoms with Crippen LogP contribution in [0.5, 0.6) is 0 Å². The number of hydrogen-bond donors (Lipinski definition) is 2. The van der Waals surface area contributed by atoms with Crippen molar-refractivity contribution in [1.29, 1.82) is 0 Å². The zero-order chi connectivity index (χ0) is 18.1. The van der Waals surface area contributed by atoms with E-state index in [9.17, 15) is 9.59 Å². The highest BCUT2D eigenvalue weighted by Crippen LogP contribution is 2.59. The van der Waals surface area contributed by atoms with Crippen LogP contribution in [0.2, 0.25) is 0 Å². The van der Waals surface area contributed by atoms with E-state index in [-0.39, 0.29) is 30.3 Å². The van der Waals surface area contributed by atoms with Gasteiger partial charge in [-0.2, -0.15) is 0 Å². The molecule has 0 bridgehead atoms. The Labute approximate surface area is 167 Å². The number of benzene rings is 1. The van der Waals surface area contributed by atoms with Crippen molar-refractivity contribution in [2.24, 2.45) is 11.3 Å². The molecule has 2 amide bonds. The van der Waals surface area contributed by atoms with E-state index in [2.05, 4.69) is 10.6 Å². The van der Waals surface area contributed by atoms with E-state index in [1.165, 1.54) is 0 Å². The van der Waals surface area contributed by atoms with Gasteiger partial charge in [0.1, 0.15) is 0 Å². The zero-order valence-electron chi connectivity index (χ0n) is 16.0. The van der Waals surface area contributed by atoms with Gasteiger partial charge < -0.3 is 15.5 Å². The van der Waals surface area contributed by atoms with Gasteiger partial charge in [-0.25, -0.2) is 0 Å². The van der Waals surface area contributed by atoms with Crippen molar-refractivity contribution in [1.82, 2.24) is 15.5 Å². The first kappa shape index (κ1) is 20.2. The Hall–Kier alpha value is -1.59. The monoisotopic (exact) mass is 391 g/mol. The summed E-state index contributed by atoms with van der Waals surface area (Å²) in [6.45, 7) is 5.60. The van der Waals surface area contributed by atoms with Crippen LogP contribution in [-0.2, 0) is 4.79 Å². The number of amides is 2. The Morgan fingerprint density at radius 1 is 1.15 bits per heavy atom. The minimum atomic E-state index is 0. The van der Waals surface area contributed by atoms with Gasteiger partial charge in [0, 0.05) is 30.6 Å². The van der Waals surface area contributed by atoms with Gasteiger partial charge in [-0.1, -0.05) is 18.2 Å². The average Bonchev–Trinajstić information content (AvgIpc) is 3.35. The van der Waals surface area contributed by atoms with Gasteiger partial charge >= 0.3 is 0 Å². The summed E-state index contributed by atoms with van der Waals surface area (Å²) in [6, 6.07) is 7.84. The molecule has 1 spiro atoms. The Kier molecular flexibility index (Phi) is 6.11. The third-order valence-corrected chi connectivity index (χ3v) is 6.62. The number of rotatable bonds is 3. The van der Waals surface area contributed by atoms with Gasteiger partial charge in [0.25, 0.3) is 5.91 Å². The summed E-state index contributed by atoms with van der Waals surface area (Å²) in [4.78, 5) is 27.4. The molecule has 1 unspecified atom stereocenters. The van der Waals surface area contributed by atoms with E-state index >= 15 is 0 Å². The van der Waals surface area contributed by atoms with Crippen molar-refractivity contribution in [2.45, 2.75) is 45.1 Å². The first-order valence-corrected chi connectivity index (χ1v) is 9.95. The molecule has 2 heterocycles. The number of carbonyl (C=O) groups excluding carboxylic acids is 2. The predicted octanol–water partition coefficient (Wildman–Crippen LogP) is 2.53. The van der Waals surface area contributed by atoms with Crippen LogP contribution in [0.15, 0.2) is 24.3 Å². The van der Waals surface area contributed by atoms with E-state index in [0.717, 1.165) is 69.4 Å². The molecule has 0 radical (unpaired) electrons. The number of hydrogen-bond acceptors (Lipinski definition) is 3. The smallest absolute Gasteiger partial charge is 0.251 e. The van der Waals surface area contributed by atoms with Crippen LogP contribution in [0, 0.1) is 18.3 Å². The minimum Gasteiger partial charge on any atom is -0.349 e. The normalized spacial score (nSPS) is 24.2. The molecule has 148 valence electrons. The molecule has 0 aromatic heterocycles. The molecule has 4 rings (SSSR count). The summed E-state index contributed by atoms with van der Waals surface area (Å²) in [5.41, 5.74) is 2.05. The molecule has 1 aromatic carbocycles. The molecule has 1 aromatic rings. The van der Waals surface area contributed by atoms with Crippen molar-refractivity contribution in [2.75, 3.05) is 26.2 Å². The molecular weight excluding hydrogens is 362 g/mol. The lowest BCUT2D eigenvalue weighted by atomic mass is 9.91. The number of aryl methyl sites for hydroxylation is 1. The lowest BCUT2D eigenvalue weighted by molar-refractivity contribution is -0.134. The molecule has 27 heavy (non-hydrogen) atoms. The fraction of sp³-hybridized carbons (Fsp3) is 0.619. The highest BCUT2D eigenvalue weighted by molar-refractivity contribution is 5.95. The second-order valence-corrected chi connectivity index (χ2v) is 8.26. The summed E-state index contributed by atoms with van der Waals surface area (Å²) in [5.74, 6) is 0.613. The van der Waals surface area contributed by atoms with Crippen LogP contribution in [0.25, 0.3) is 0 Å². The Morgan fingerprint density at radius 2 is 1.81 bits per heavy atom. The fourth-order valence-electron chi connectivity index (χ4n) is 4.73. The van der Waals surface area contributed by atoms with Crippen molar-refractivity contribution in [3.05, 3.63) is 35.4 Å². The lowest BCUT2D eigenvalue weighted by Crippen LogP contribution is -2.47. The van der Waals surface area contributed by atoms with Crippen LogP contribution in [-0.4, -0.2) is 48.9 Å². The molecule has 1 aliphatic carbocycles. The Bertz CT molecular complexity index is 694. The molecule has 5 nitrogen and oxygen atoms in total. The van der Waals surface area contributed by atoms with Crippen LogP contribution in [0.3, 0.4) is 0 Å². The first-order valence-electron chi connectivity index (χ1n) is 9.95. The maximum absolute atomic E-state index is 12.8. The number of nitrogens with one attached hydrogen (secondary N) is 2. The second-order valence-electron chi connectivity index (χ2n) is 8.26. The van der Waals surface area contributed by atoms with Crippen LogP contribution < -0.4 is 10.6 Å². The summed E-state index contributed by atoms with van der Waals surface area (Å²) < 4.78 is 0. The van der Waals surface area contributed by atoms with Gasteiger partial charge in [0.05, 0.1) is 0 Å². The Balaban J connectivity index is 0.00000210. The molecular formula is C21H30ClN3O2. The van der Waals surface area contributed by atoms with E-state index in [4.69, 9.17) is 0 Å². The van der Waals surface area contributed by atoms with Crippen molar-refractivity contribution in [3.63, 3.8) is 0 Å². The summed E-state index contributed by atoms with van der Waals surface area (Å²) in [6.07, 6.45) is 5.07. The lowest BCUT2D eigenvalue weighted by Gasteiger charge is -2.33. The second kappa shape index (κ2) is 8.19. The fourth-order valence-corrected chi connectivity index (χ4v) is 4.73. The molecule has 3 aliphatic rings. The number of piperidine rings is 2. The maximum Gasteiger partial charge on any atom is 0.251 e. The third-order valence-electron chi connectivity index (χ3n) is 6.62. The third kappa shape index (κ3) is 4.14. The molecule has 3 fully saturated rings. The topological polar surface area (TPSA) is 61.4 Å². The van der Waals surface area contributed by atoms with E-state index in [0.29, 0.717) is 11.3 Å². The molecule has 2 N–H and O–H groups in total. The largest absolute Gasteiger partial charge is 0.349 e. The van der Waals surface area contributed by atoms with Gasteiger partial charge in [-0.05, 0) is 69.2 Å². The maximum atomic E-state index is 12.8. The van der Waals surface area contributed by atoms with Crippen molar-refractivity contribution in [3.8, 4) is 0 Å². The SMILES string of the molecule is Cc1ccccc1C(=O)NC1CCN(C(=O)C2CC23CCNCC3)CC1.Cl. The first-order chi connectivity index (χ1) is 12.6.